The average molecular weight is 279 g/mol. The average Bonchev–Trinajstić information content (AvgIpc) is 2.84. The maximum absolute atomic E-state index is 10.8. The SMILES string of the molecule is CC(=O)SCCC(O)C(O)c1ccc2cc[nH]c2c1. The molecular formula is C14H17NO3S. The Balaban J connectivity index is 2.01. The number of carbonyl (C=O) groups excluding carboxylic acids is 1. The first kappa shape index (κ1) is 14.1. The lowest BCUT2D eigenvalue weighted by atomic mass is 10.0. The Bertz CT molecular complexity index is 567. The van der Waals surface area contributed by atoms with Gasteiger partial charge in [0.05, 0.1) is 6.10 Å². The third-order valence-corrected chi connectivity index (χ3v) is 3.85. The molecule has 0 radical (unpaired) electrons. The predicted octanol–water partition coefficient (Wildman–Crippen LogP) is 2.23. The molecule has 1 aromatic carbocycles. The molecule has 5 heteroatoms. The van der Waals surface area contributed by atoms with Crippen LogP contribution >= 0.6 is 11.8 Å². The summed E-state index contributed by atoms with van der Waals surface area (Å²) in [6.07, 6.45) is 0.425. The monoisotopic (exact) mass is 279 g/mol. The van der Waals surface area contributed by atoms with E-state index in [2.05, 4.69) is 4.98 Å². The van der Waals surface area contributed by atoms with E-state index >= 15 is 0 Å². The first-order chi connectivity index (χ1) is 9.08. The largest absolute Gasteiger partial charge is 0.390 e. The highest BCUT2D eigenvalue weighted by Gasteiger charge is 2.18. The van der Waals surface area contributed by atoms with E-state index in [0.717, 1.165) is 22.7 Å². The van der Waals surface area contributed by atoms with Crippen LogP contribution in [0.1, 0.15) is 25.0 Å². The lowest BCUT2D eigenvalue weighted by Gasteiger charge is -2.17. The fraction of sp³-hybridized carbons (Fsp3) is 0.357. The van der Waals surface area contributed by atoms with Gasteiger partial charge in [0, 0.05) is 24.4 Å². The number of aliphatic hydroxyl groups excluding tert-OH is 2. The summed E-state index contributed by atoms with van der Waals surface area (Å²) < 4.78 is 0. The molecule has 1 aromatic heterocycles. The molecule has 0 aliphatic rings. The van der Waals surface area contributed by atoms with Crippen LogP contribution in [0, 0.1) is 0 Å². The molecule has 0 saturated heterocycles. The van der Waals surface area contributed by atoms with Gasteiger partial charge in [0.15, 0.2) is 5.12 Å². The summed E-state index contributed by atoms with van der Waals surface area (Å²) in [5.41, 5.74) is 1.61. The van der Waals surface area contributed by atoms with Crippen molar-refractivity contribution in [1.29, 1.82) is 0 Å². The van der Waals surface area contributed by atoms with Crippen molar-refractivity contribution in [3.8, 4) is 0 Å². The number of carbonyl (C=O) groups is 1. The Morgan fingerprint density at radius 2 is 2.16 bits per heavy atom. The van der Waals surface area contributed by atoms with Gasteiger partial charge in [-0.05, 0) is 29.5 Å². The molecule has 0 bridgehead atoms. The molecule has 102 valence electrons. The van der Waals surface area contributed by atoms with E-state index in [1.807, 2.05) is 30.5 Å². The summed E-state index contributed by atoms with van der Waals surface area (Å²) >= 11 is 1.16. The quantitative estimate of drug-likeness (QED) is 0.784. The minimum Gasteiger partial charge on any atom is -0.390 e. The highest BCUT2D eigenvalue weighted by atomic mass is 32.2. The van der Waals surface area contributed by atoms with E-state index in [1.54, 1.807) is 0 Å². The van der Waals surface area contributed by atoms with Crippen LogP contribution in [-0.4, -0.2) is 32.2 Å². The number of aromatic nitrogens is 1. The number of benzene rings is 1. The van der Waals surface area contributed by atoms with Crippen molar-refractivity contribution in [3.05, 3.63) is 36.0 Å². The van der Waals surface area contributed by atoms with Gasteiger partial charge >= 0.3 is 0 Å². The number of aliphatic hydroxyl groups is 2. The van der Waals surface area contributed by atoms with Gasteiger partial charge in [0.1, 0.15) is 6.10 Å². The summed E-state index contributed by atoms with van der Waals surface area (Å²) in [6.45, 7) is 1.49. The molecule has 2 atom stereocenters. The molecule has 2 unspecified atom stereocenters. The lowest BCUT2D eigenvalue weighted by molar-refractivity contribution is -0.109. The predicted molar refractivity (Wildman–Crippen MR) is 77.0 cm³/mol. The van der Waals surface area contributed by atoms with Gasteiger partial charge in [-0.3, -0.25) is 4.79 Å². The smallest absolute Gasteiger partial charge is 0.185 e. The van der Waals surface area contributed by atoms with Gasteiger partial charge in [0.2, 0.25) is 0 Å². The third-order valence-electron chi connectivity index (χ3n) is 3.00. The molecule has 1 heterocycles. The standard InChI is InChI=1S/C14H17NO3S/c1-9(16)19-7-5-13(17)14(18)11-3-2-10-4-6-15-12(10)8-11/h2-4,6,8,13-15,17-18H,5,7H2,1H3. The van der Waals surface area contributed by atoms with Gasteiger partial charge in [-0.2, -0.15) is 0 Å². The number of aromatic amines is 1. The number of hydrogen-bond acceptors (Lipinski definition) is 4. The van der Waals surface area contributed by atoms with Crippen LogP contribution in [0.4, 0.5) is 0 Å². The van der Waals surface area contributed by atoms with Crippen LogP contribution < -0.4 is 0 Å². The van der Waals surface area contributed by atoms with Gasteiger partial charge in [-0.25, -0.2) is 0 Å². The normalized spacial score (nSPS) is 14.5. The van der Waals surface area contributed by atoms with E-state index in [1.165, 1.54) is 6.92 Å². The van der Waals surface area contributed by atoms with Crippen molar-refractivity contribution in [1.82, 2.24) is 4.98 Å². The van der Waals surface area contributed by atoms with E-state index in [4.69, 9.17) is 0 Å². The van der Waals surface area contributed by atoms with Gasteiger partial charge < -0.3 is 15.2 Å². The number of nitrogens with one attached hydrogen (secondary N) is 1. The van der Waals surface area contributed by atoms with Crippen LogP contribution in [0.3, 0.4) is 0 Å². The minimum atomic E-state index is -0.930. The zero-order valence-electron chi connectivity index (χ0n) is 10.7. The molecular weight excluding hydrogens is 262 g/mol. The molecule has 2 aromatic rings. The molecule has 0 aliphatic carbocycles. The lowest BCUT2D eigenvalue weighted by Crippen LogP contribution is -2.19. The molecule has 0 saturated carbocycles. The van der Waals surface area contributed by atoms with Crippen LogP contribution in [0.25, 0.3) is 10.9 Å². The molecule has 0 amide bonds. The maximum Gasteiger partial charge on any atom is 0.185 e. The maximum atomic E-state index is 10.8. The summed E-state index contributed by atoms with van der Waals surface area (Å²) in [7, 11) is 0. The number of H-pyrrole nitrogens is 1. The Hall–Kier alpha value is -1.30. The van der Waals surface area contributed by atoms with Crippen molar-refractivity contribution in [2.45, 2.75) is 25.6 Å². The Morgan fingerprint density at radius 3 is 2.89 bits per heavy atom. The Kier molecular flexibility index (Phi) is 4.63. The molecule has 0 aliphatic heterocycles. The van der Waals surface area contributed by atoms with Crippen molar-refractivity contribution in [2.24, 2.45) is 0 Å². The summed E-state index contributed by atoms with van der Waals surface area (Å²) in [5, 5.41) is 21.1. The molecule has 4 nitrogen and oxygen atoms in total. The van der Waals surface area contributed by atoms with Crippen molar-refractivity contribution >= 4 is 27.8 Å². The zero-order valence-corrected chi connectivity index (χ0v) is 11.5. The molecule has 2 rings (SSSR count). The highest BCUT2D eigenvalue weighted by Crippen LogP contribution is 2.23. The number of thioether (sulfide) groups is 1. The minimum absolute atomic E-state index is 0.0227. The third kappa shape index (κ3) is 3.59. The van der Waals surface area contributed by atoms with Crippen LogP contribution in [0.15, 0.2) is 30.5 Å². The molecule has 19 heavy (non-hydrogen) atoms. The van der Waals surface area contributed by atoms with E-state index in [-0.39, 0.29) is 5.12 Å². The van der Waals surface area contributed by atoms with E-state index in [0.29, 0.717) is 17.7 Å². The van der Waals surface area contributed by atoms with Crippen LogP contribution in [0.5, 0.6) is 0 Å². The van der Waals surface area contributed by atoms with E-state index < -0.39 is 12.2 Å². The fourth-order valence-electron chi connectivity index (χ4n) is 1.95. The zero-order chi connectivity index (χ0) is 13.8. The second-order valence-corrected chi connectivity index (χ2v) is 5.74. The van der Waals surface area contributed by atoms with Crippen molar-refractivity contribution in [3.63, 3.8) is 0 Å². The summed E-state index contributed by atoms with van der Waals surface area (Å²) in [6, 6.07) is 7.50. The Labute approximate surface area is 115 Å². The topological polar surface area (TPSA) is 73.3 Å². The number of hydrogen-bond donors (Lipinski definition) is 3. The second-order valence-electron chi connectivity index (χ2n) is 4.47. The van der Waals surface area contributed by atoms with Gasteiger partial charge in [0.25, 0.3) is 0 Å². The highest BCUT2D eigenvalue weighted by molar-refractivity contribution is 8.13. The summed E-state index contributed by atoms with van der Waals surface area (Å²) in [5.74, 6) is 0.512. The Morgan fingerprint density at radius 1 is 1.37 bits per heavy atom. The van der Waals surface area contributed by atoms with Crippen LogP contribution in [0.2, 0.25) is 0 Å². The molecule has 0 spiro atoms. The van der Waals surface area contributed by atoms with Crippen molar-refractivity contribution < 1.29 is 15.0 Å². The van der Waals surface area contributed by atoms with Crippen molar-refractivity contribution in [2.75, 3.05) is 5.75 Å². The van der Waals surface area contributed by atoms with Crippen LogP contribution in [-0.2, 0) is 4.79 Å². The van der Waals surface area contributed by atoms with E-state index in [9.17, 15) is 15.0 Å². The first-order valence-corrected chi connectivity index (χ1v) is 7.13. The van der Waals surface area contributed by atoms with Gasteiger partial charge in [-0.15, -0.1) is 0 Å². The second kappa shape index (κ2) is 6.23. The molecule has 3 N–H and O–H groups in total. The summed E-state index contributed by atoms with van der Waals surface area (Å²) in [4.78, 5) is 13.9. The first-order valence-electron chi connectivity index (χ1n) is 6.14. The number of rotatable bonds is 5. The molecule has 0 fully saturated rings. The fourth-order valence-corrected chi connectivity index (χ4v) is 2.60. The van der Waals surface area contributed by atoms with Gasteiger partial charge in [-0.1, -0.05) is 23.9 Å². The number of fused-ring (bicyclic) bond motifs is 1.